The zero-order valence-corrected chi connectivity index (χ0v) is 41.6. The fraction of sp³-hybridized carbons (Fsp3) is 0.407. The summed E-state index contributed by atoms with van der Waals surface area (Å²) in [4.78, 5) is 50.1. The van der Waals surface area contributed by atoms with Gasteiger partial charge in [-0.05, 0) is 100 Å². The van der Waals surface area contributed by atoms with Crippen LogP contribution in [0, 0.1) is 6.92 Å². The van der Waals surface area contributed by atoms with E-state index in [0.29, 0.717) is 5.75 Å². The van der Waals surface area contributed by atoms with E-state index in [2.05, 4.69) is 70.5 Å². The van der Waals surface area contributed by atoms with Crippen molar-refractivity contribution in [1.29, 1.82) is 0 Å². The number of pyridine rings is 2. The number of benzene rings is 3. The van der Waals surface area contributed by atoms with E-state index in [1.165, 1.54) is 37.0 Å². The Hall–Kier alpha value is -6.62. The van der Waals surface area contributed by atoms with Crippen LogP contribution in [-0.2, 0) is 22.7 Å². The number of thiazole rings is 1. The number of piperidine rings is 1. The second-order valence-electron chi connectivity index (χ2n) is 18.4. The van der Waals surface area contributed by atoms with E-state index in [9.17, 15) is 9.59 Å². The molecular weight excluding hydrogens is 899 g/mol. The van der Waals surface area contributed by atoms with Crippen LogP contribution in [-0.4, -0.2) is 132 Å². The number of aromatic nitrogens is 5. The molecule has 3 saturated heterocycles. The van der Waals surface area contributed by atoms with E-state index in [1.54, 1.807) is 24.6 Å². The standard InChI is InChI=1S/C30H34N6O3.C24H31N5OS/c1-22-18-24-8-6-12-31-28(24)29(30(22)39-21-27(38)32-19-23(2)37)35-14-7-13-34(16-17-35)20-25-11-15-36(33-25)26-9-4-3-5-10-26;1-30-21-9-8-19-7-5-10-25-22(19)23(21)28-14-6-11-27(15-16-28)17-20-18-31-24(26-20)29-12-3-2-4-13-29/h3-6,8-12,15,18H,7,13-14,16-17,19-21H2,1-2H3,(H,32,38);5,7-10,18H,2-4,6,11-17H2,1H3. The fourth-order valence-corrected chi connectivity index (χ4v) is 10.6. The molecule has 1 N–H and O–H groups in total. The topological polar surface area (TPSA) is 137 Å². The monoisotopic (exact) mass is 963 g/mol. The summed E-state index contributed by atoms with van der Waals surface area (Å²) in [6, 6.07) is 26.5. The molecule has 0 radical (unpaired) electrons. The van der Waals surface area contributed by atoms with E-state index in [1.807, 2.05) is 72.5 Å². The Kier molecular flexibility index (Phi) is 16.1. The lowest BCUT2D eigenvalue weighted by atomic mass is 10.1. The van der Waals surface area contributed by atoms with Gasteiger partial charge in [0.1, 0.15) is 28.7 Å². The van der Waals surface area contributed by atoms with Crippen molar-refractivity contribution >= 4 is 61.3 Å². The molecule has 3 fully saturated rings. The molecule has 3 aromatic carbocycles. The summed E-state index contributed by atoms with van der Waals surface area (Å²) in [6.07, 6.45) is 11.7. The number of carbonyl (C=O) groups excluding carboxylic acids is 2. The summed E-state index contributed by atoms with van der Waals surface area (Å²) in [5, 5.41) is 13.0. The molecule has 0 spiro atoms. The molecule has 70 heavy (non-hydrogen) atoms. The number of carbonyl (C=O) groups is 2. The van der Waals surface area contributed by atoms with Gasteiger partial charge in [0, 0.05) is 113 Å². The molecule has 0 saturated carbocycles. The summed E-state index contributed by atoms with van der Waals surface area (Å²) in [5.74, 6) is 1.14. The number of anilines is 3. The number of Topliss-reactive ketones (excluding diaryl/α,β-unsaturated/α-hetero) is 1. The minimum Gasteiger partial charge on any atom is -0.494 e. The third-order valence-corrected chi connectivity index (χ3v) is 14.2. The average Bonchev–Trinajstić information content (AvgIpc) is 3.93. The molecule has 0 bridgehead atoms. The second kappa shape index (κ2) is 23.3. The Morgan fingerprint density at radius 2 is 1.36 bits per heavy atom. The number of rotatable bonds is 14. The number of ether oxygens (including phenoxy) is 2. The number of amides is 1. The number of hydrogen-bond donors (Lipinski definition) is 1. The number of hydrogen-bond acceptors (Lipinski definition) is 14. The average molecular weight is 964 g/mol. The Balaban J connectivity index is 0.000000178. The minimum atomic E-state index is -0.325. The van der Waals surface area contributed by atoms with Crippen LogP contribution in [0.5, 0.6) is 11.5 Å². The van der Waals surface area contributed by atoms with Crippen molar-refractivity contribution in [3.63, 3.8) is 0 Å². The lowest BCUT2D eigenvalue weighted by Gasteiger charge is -2.27. The van der Waals surface area contributed by atoms with Gasteiger partial charge in [0.25, 0.3) is 5.91 Å². The first kappa shape index (κ1) is 48.4. The first-order chi connectivity index (χ1) is 34.3. The Bertz CT molecular complexity index is 2850. The molecule has 16 heteroatoms. The van der Waals surface area contributed by atoms with Gasteiger partial charge in [-0.2, -0.15) is 5.10 Å². The van der Waals surface area contributed by atoms with Gasteiger partial charge in [0.05, 0.1) is 41.8 Å². The Morgan fingerprint density at radius 1 is 0.686 bits per heavy atom. The van der Waals surface area contributed by atoms with Gasteiger partial charge in [0.2, 0.25) is 0 Å². The molecular formula is C54H65N11O4S. The number of aryl methyl sites for hydroxylation is 1. The van der Waals surface area contributed by atoms with Gasteiger partial charge in [-0.1, -0.05) is 30.3 Å². The van der Waals surface area contributed by atoms with Crippen LogP contribution in [0.25, 0.3) is 27.5 Å². The summed E-state index contributed by atoms with van der Waals surface area (Å²) < 4.78 is 13.7. The molecule has 0 unspecified atom stereocenters. The molecule has 15 nitrogen and oxygen atoms in total. The van der Waals surface area contributed by atoms with Crippen molar-refractivity contribution in [2.45, 2.75) is 59.0 Å². The first-order valence-corrected chi connectivity index (χ1v) is 25.6. The number of fused-ring (bicyclic) bond motifs is 2. The molecule has 4 aromatic heterocycles. The summed E-state index contributed by atoms with van der Waals surface area (Å²) >= 11 is 1.81. The van der Waals surface area contributed by atoms with Gasteiger partial charge in [-0.25, -0.2) is 9.67 Å². The molecule has 1 amide bonds. The number of nitrogens with zero attached hydrogens (tertiary/aromatic N) is 10. The third-order valence-electron chi connectivity index (χ3n) is 13.2. The maximum Gasteiger partial charge on any atom is 0.258 e. The zero-order valence-electron chi connectivity index (χ0n) is 40.8. The van der Waals surface area contributed by atoms with Crippen LogP contribution < -0.4 is 29.5 Å². The van der Waals surface area contributed by atoms with Crippen LogP contribution in [0.4, 0.5) is 16.5 Å². The third kappa shape index (κ3) is 12.0. The largest absolute Gasteiger partial charge is 0.494 e. The van der Waals surface area contributed by atoms with Crippen molar-refractivity contribution in [3.05, 3.63) is 120 Å². The smallest absolute Gasteiger partial charge is 0.258 e. The van der Waals surface area contributed by atoms with E-state index in [4.69, 9.17) is 24.5 Å². The summed E-state index contributed by atoms with van der Waals surface area (Å²) in [7, 11) is 1.75. The van der Waals surface area contributed by atoms with Crippen LogP contribution in [0.2, 0.25) is 0 Å². The van der Waals surface area contributed by atoms with Crippen molar-refractivity contribution in [1.82, 2.24) is 39.8 Å². The molecule has 7 aromatic rings. The van der Waals surface area contributed by atoms with E-state index in [-0.39, 0.29) is 24.8 Å². The number of nitrogens with one attached hydrogen (secondary N) is 1. The number of methoxy groups -OCH3 is 1. The summed E-state index contributed by atoms with van der Waals surface area (Å²) in [6.45, 7) is 14.8. The Morgan fingerprint density at radius 3 is 2.07 bits per heavy atom. The van der Waals surface area contributed by atoms with Crippen molar-refractivity contribution < 1.29 is 19.1 Å². The second-order valence-corrected chi connectivity index (χ2v) is 19.2. The molecule has 10 rings (SSSR count). The lowest BCUT2D eigenvalue weighted by Crippen LogP contribution is -2.33. The zero-order chi connectivity index (χ0) is 48.2. The highest BCUT2D eigenvalue weighted by atomic mass is 32.1. The molecule has 0 aliphatic carbocycles. The van der Waals surface area contributed by atoms with Gasteiger partial charge < -0.3 is 29.5 Å². The maximum atomic E-state index is 12.3. The highest BCUT2D eigenvalue weighted by molar-refractivity contribution is 7.13. The van der Waals surface area contributed by atoms with Crippen molar-refractivity contribution in [3.8, 4) is 17.2 Å². The van der Waals surface area contributed by atoms with Gasteiger partial charge in [-0.3, -0.25) is 29.4 Å². The minimum absolute atomic E-state index is 0.00113. The lowest BCUT2D eigenvalue weighted by molar-refractivity contribution is -0.125. The van der Waals surface area contributed by atoms with Crippen LogP contribution >= 0.6 is 11.3 Å². The van der Waals surface area contributed by atoms with Crippen LogP contribution in [0.1, 0.15) is 56.0 Å². The van der Waals surface area contributed by atoms with E-state index >= 15 is 0 Å². The first-order valence-electron chi connectivity index (χ1n) is 24.7. The highest BCUT2D eigenvalue weighted by Crippen LogP contribution is 2.39. The van der Waals surface area contributed by atoms with E-state index in [0.717, 1.165) is 147 Å². The summed E-state index contributed by atoms with van der Waals surface area (Å²) in [5.41, 5.74) is 8.17. The van der Waals surface area contributed by atoms with Crippen LogP contribution in [0.3, 0.4) is 0 Å². The predicted octanol–water partition coefficient (Wildman–Crippen LogP) is 7.93. The van der Waals surface area contributed by atoms with Gasteiger partial charge in [0.15, 0.2) is 11.7 Å². The Labute approximate surface area is 415 Å². The van der Waals surface area contributed by atoms with Gasteiger partial charge in [-0.15, -0.1) is 11.3 Å². The maximum absolute atomic E-state index is 12.3. The predicted molar refractivity (Wildman–Crippen MR) is 280 cm³/mol. The van der Waals surface area contributed by atoms with Crippen molar-refractivity contribution in [2.24, 2.45) is 0 Å². The molecule has 0 atom stereocenters. The number of para-hydroxylation sites is 1. The number of ketones is 1. The van der Waals surface area contributed by atoms with E-state index < -0.39 is 0 Å². The van der Waals surface area contributed by atoms with Crippen molar-refractivity contribution in [2.75, 3.05) is 100 Å². The quantitative estimate of drug-likeness (QED) is 0.113. The van der Waals surface area contributed by atoms with Crippen LogP contribution in [0.15, 0.2) is 103 Å². The molecule has 7 heterocycles. The molecule has 3 aliphatic heterocycles. The fourth-order valence-electron chi connectivity index (χ4n) is 9.73. The van der Waals surface area contributed by atoms with Gasteiger partial charge >= 0.3 is 0 Å². The normalized spacial score (nSPS) is 16.1. The SMILES string of the molecule is CC(=O)CNC(=O)COc1c(C)cc2cccnc2c1N1CCCN(Cc2ccn(-c3ccccc3)n2)CC1.COc1ccc2cccnc2c1N1CCCN(Cc2csc(N3CCCCC3)n2)CC1. The highest BCUT2D eigenvalue weighted by Gasteiger charge is 2.25. The molecule has 3 aliphatic rings. The molecule has 366 valence electrons.